The standard InChI is InChI=1S/C39H61NO14/c41-10-12-44-14-16-46-18-20-48-22-24-50-26-28-52-30-32-53-31-29-51-27-25-49-23-21-47-19-17-45-15-13-43-11-9-40-39(42)54-33-38-36-7-3-1-5-34(36)35-6-2-4-8-37(35)38/h1-8,38,41H,9-33H2,(H,40,42). The molecule has 0 atom stereocenters. The first-order valence-corrected chi connectivity index (χ1v) is 18.9. The van der Waals surface area contributed by atoms with Gasteiger partial charge in [-0.1, -0.05) is 48.5 Å². The maximum atomic E-state index is 12.2. The first-order valence-electron chi connectivity index (χ1n) is 18.9. The Morgan fingerprint density at radius 1 is 0.444 bits per heavy atom. The van der Waals surface area contributed by atoms with Crippen LogP contribution in [0.3, 0.4) is 0 Å². The van der Waals surface area contributed by atoms with Gasteiger partial charge in [-0.05, 0) is 22.3 Å². The van der Waals surface area contributed by atoms with E-state index in [0.29, 0.717) is 152 Å². The van der Waals surface area contributed by atoms with Gasteiger partial charge in [-0.25, -0.2) is 4.79 Å². The predicted molar refractivity (Wildman–Crippen MR) is 199 cm³/mol. The molecular formula is C39H61NO14. The summed E-state index contributed by atoms with van der Waals surface area (Å²) in [6.07, 6.45) is -0.454. The monoisotopic (exact) mass is 767 g/mol. The number of amides is 1. The van der Waals surface area contributed by atoms with E-state index in [1.54, 1.807) is 0 Å². The Morgan fingerprint density at radius 2 is 0.741 bits per heavy atom. The van der Waals surface area contributed by atoms with Crippen LogP contribution in [0.2, 0.25) is 0 Å². The number of fused-ring (bicyclic) bond motifs is 3. The fourth-order valence-electron chi connectivity index (χ4n) is 5.24. The van der Waals surface area contributed by atoms with Gasteiger partial charge in [0.05, 0.1) is 152 Å². The molecule has 0 radical (unpaired) electrons. The van der Waals surface area contributed by atoms with Crippen molar-refractivity contribution in [3.05, 3.63) is 59.7 Å². The van der Waals surface area contributed by atoms with Crippen LogP contribution in [0.15, 0.2) is 48.5 Å². The molecule has 0 aromatic heterocycles. The minimum atomic E-state index is -0.454. The molecular weight excluding hydrogens is 706 g/mol. The summed E-state index contributed by atoms with van der Waals surface area (Å²) in [6, 6.07) is 16.5. The summed E-state index contributed by atoms with van der Waals surface area (Å²) in [5.74, 6) is 0.0350. The summed E-state index contributed by atoms with van der Waals surface area (Å²) >= 11 is 0. The van der Waals surface area contributed by atoms with Crippen molar-refractivity contribution in [1.82, 2.24) is 5.32 Å². The van der Waals surface area contributed by atoms with Crippen LogP contribution in [0.25, 0.3) is 11.1 Å². The molecule has 306 valence electrons. The average molecular weight is 768 g/mol. The minimum absolute atomic E-state index is 0.0202. The first-order chi connectivity index (χ1) is 26.8. The van der Waals surface area contributed by atoms with Crippen LogP contribution >= 0.6 is 0 Å². The van der Waals surface area contributed by atoms with E-state index in [1.807, 2.05) is 24.3 Å². The van der Waals surface area contributed by atoms with Gasteiger partial charge in [-0.15, -0.1) is 0 Å². The number of aliphatic hydroxyl groups excluding tert-OH is 1. The lowest BCUT2D eigenvalue weighted by molar-refractivity contribution is -0.0277. The average Bonchev–Trinajstić information content (AvgIpc) is 3.52. The predicted octanol–water partition coefficient (Wildman–Crippen LogP) is 2.70. The quantitative estimate of drug-likeness (QED) is 0.0967. The van der Waals surface area contributed by atoms with Gasteiger partial charge in [0, 0.05) is 12.5 Å². The Morgan fingerprint density at radius 3 is 1.07 bits per heavy atom. The molecule has 0 fully saturated rings. The second-order valence-electron chi connectivity index (χ2n) is 11.7. The molecule has 0 bridgehead atoms. The topological polar surface area (TPSA) is 160 Å². The maximum absolute atomic E-state index is 12.2. The van der Waals surface area contributed by atoms with E-state index in [2.05, 4.69) is 29.6 Å². The van der Waals surface area contributed by atoms with Crippen LogP contribution in [0.5, 0.6) is 0 Å². The zero-order valence-corrected chi connectivity index (χ0v) is 31.6. The van der Waals surface area contributed by atoms with Gasteiger partial charge >= 0.3 is 6.09 Å². The Kier molecular flexibility index (Phi) is 27.4. The molecule has 1 aliphatic carbocycles. The van der Waals surface area contributed by atoms with Crippen molar-refractivity contribution in [3.8, 4) is 11.1 Å². The van der Waals surface area contributed by atoms with Crippen molar-refractivity contribution in [1.29, 1.82) is 0 Å². The number of carbonyl (C=O) groups is 1. The highest BCUT2D eigenvalue weighted by Gasteiger charge is 2.28. The van der Waals surface area contributed by atoms with Crippen LogP contribution in [-0.4, -0.2) is 176 Å². The molecule has 0 saturated heterocycles. The number of aliphatic hydroxyl groups is 1. The van der Waals surface area contributed by atoms with Gasteiger partial charge in [-0.2, -0.15) is 0 Å². The summed E-state index contributed by atoms with van der Waals surface area (Å²) in [4.78, 5) is 12.2. The van der Waals surface area contributed by atoms with Crippen molar-refractivity contribution in [2.75, 3.05) is 165 Å². The number of carbonyl (C=O) groups excluding carboxylic acids is 1. The Labute approximate surface area is 319 Å². The Balaban J connectivity index is 0.947. The smallest absolute Gasteiger partial charge is 0.407 e. The molecule has 15 nitrogen and oxygen atoms in total. The van der Waals surface area contributed by atoms with Gasteiger partial charge in [0.15, 0.2) is 0 Å². The van der Waals surface area contributed by atoms with E-state index in [-0.39, 0.29) is 19.1 Å². The van der Waals surface area contributed by atoms with Crippen molar-refractivity contribution in [3.63, 3.8) is 0 Å². The highest BCUT2D eigenvalue weighted by molar-refractivity contribution is 5.79. The van der Waals surface area contributed by atoms with E-state index in [4.69, 9.17) is 61.9 Å². The third-order valence-corrected chi connectivity index (χ3v) is 7.82. The van der Waals surface area contributed by atoms with Gasteiger partial charge in [0.25, 0.3) is 0 Å². The molecule has 0 saturated carbocycles. The summed E-state index contributed by atoms with van der Waals surface area (Å²) in [5.41, 5.74) is 4.77. The van der Waals surface area contributed by atoms with Gasteiger partial charge < -0.3 is 67.3 Å². The number of alkyl carbamates (subject to hydrolysis) is 1. The molecule has 2 aromatic rings. The maximum Gasteiger partial charge on any atom is 0.407 e. The van der Waals surface area contributed by atoms with Gasteiger partial charge in [0.1, 0.15) is 6.61 Å². The lowest BCUT2D eigenvalue weighted by Gasteiger charge is -2.14. The zero-order chi connectivity index (χ0) is 38.0. The largest absolute Gasteiger partial charge is 0.449 e. The van der Waals surface area contributed by atoms with E-state index in [1.165, 1.54) is 22.3 Å². The summed E-state index contributed by atoms with van der Waals surface area (Å²) in [6.45, 7) is 11.0. The number of rotatable bonds is 37. The van der Waals surface area contributed by atoms with Crippen LogP contribution in [0, 0.1) is 0 Å². The van der Waals surface area contributed by atoms with Crippen molar-refractivity contribution in [2.45, 2.75) is 5.92 Å². The van der Waals surface area contributed by atoms with Crippen molar-refractivity contribution < 1.29 is 66.7 Å². The molecule has 2 N–H and O–H groups in total. The number of benzene rings is 2. The molecule has 54 heavy (non-hydrogen) atoms. The molecule has 1 amide bonds. The molecule has 0 heterocycles. The number of nitrogens with one attached hydrogen (secondary N) is 1. The fourth-order valence-corrected chi connectivity index (χ4v) is 5.24. The summed E-state index contributed by atoms with van der Waals surface area (Å²) in [5, 5.41) is 11.3. The van der Waals surface area contributed by atoms with Crippen LogP contribution in [-0.2, 0) is 56.8 Å². The lowest BCUT2D eigenvalue weighted by Crippen LogP contribution is -2.29. The number of hydrogen-bond acceptors (Lipinski definition) is 14. The lowest BCUT2D eigenvalue weighted by atomic mass is 9.98. The first kappa shape index (κ1) is 45.6. The molecule has 1 aliphatic rings. The van der Waals surface area contributed by atoms with Crippen LogP contribution in [0.1, 0.15) is 17.0 Å². The van der Waals surface area contributed by atoms with Gasteiger partial charge in [-0.3, -0.25) is 0 Å². The van der Waals surface area contributed by atoms with Crippen molar-refractivity contribution in [2.24, 2.45) is 0 Å². The molecule has 3 rings (SSSR count). The summed E-state index contributed by atoms with van der Waals surface area (Å²) in [7, 11) is 0. The molecule has 0 spiro atoms. The Bertz CT molecular complexity index is 1150. The SMILES string of the molecule is O=C(NCCOCCOCCOCCOCCOCCOCCOCCOCCOCCOCCOCCO)OCC1c2ccccc2-c2ccccc21. The number of ether oxygens (including phenoxy) is 12. The molecule has 2 aromatic carbocycles. The Hall–Kier alpha value is -2.77. The minimum Gasteiger partial charge on any atom is -0.449 e. The van der Waals surface area contributed by atoms with Crippen LogP contribution < -0.4 is 5.32 Å². The third kappa shape index (κ3) is 21.4. The molecule has 15 heteroatoms. The van der Waals surface area contributed by atoms with E-state index < -0.39 is 6.09 Å². The normalized spacial score (nSPS) is 12.2. The summed E-state index contributed by atoms with van der Waals surface area (Å²) < 4.78 is 65.3. The second-order valence-corrected chi connectivity index (χ2v) is 11.7. The molecule has 0 unspecified atom stereocenters. The van der Waals surface area contributed by atoms with Crippen LogP contribution in [0.4, 0.5) is 4.79 Å². The van der Waals surface area contributed by atoms with Gasteiger partial charge in [0.2, 0.25) is 0 Å². The highest BCUT2D eigenvalue weighted by atomic mass is 16.6. The number of hydrogen-bond donors (Lipinski definition) is 2. The fraction of sp³-hybridized carbons (Fsp3) is 0.667. The van der Waals surface area contributed by atoms with E-state index >= 15 is 0 Å². The zero-order valence-electron chi connectivity index (χ0n) is 31.6. The van der Waals surface area contributed by atoms with E-state index in [9.17, 15) is 4.79 Å². The van der Waals surface area contributed by atoms with E-state index in [0.717, 1.165) is 0 Å². The highest BCUT2D eigenvalue weighted by Crippen LogP contribution is 2.44. The third-order valence-electron chi connectivity index (χ3n) is 7.82. The second kappa shape index (κ2) is 32.5. The molecule has 0 aliphatic heterocycles. The van der Waals surface area contributed by atoms with Crippen molar-refractivity contribution >= 4 is 6.09 Å².